The molecule has 0 N–H and O–H groups in total. The van der Waals surface area contributed by atoms with E-state index in [4.69, 9.17) is 4.74 Å². The summed E-state index contributed by atoms with van der Waals surface area (Å²) < 4.78 is 7.37. The minimum atomic E-state index is -0.100. The van der Waals surface area contributed by atoms with Gasteiger partial charge in [0.2, 0.25) is 0 Å². The number of thiophene rings is 1. The van der Waals surface area contributed by atoms with Crippen LogP contribution < -0.4 is 10.3 Å². The highest BCUT2D eigenvalue weighted by atomic mass is 32.1. The lowest BCUT2D eigenvalue weighted by Gasteiger charge is -2.37. The number of aromatic nitrogens is 2. The molecule has 2 aliphatic rings. The molecular formula is C24H23N3O3S. The summed E-state index contributed by atoms with van der Waals surface area (Å²) in [5.41, 5.74) is 2.31. The van der Waals surface area contributed by atoms with Crippen molar-refractivity contribution < 1.29 is 9.53 Å². The predicted octanol–water partition coefficient (Wildman–Crippen LogP) is 3.86. The molecule has 6 nitrogen and oxygen atoms in total. The van der Waals surface area contributed by atoms with E-state index >= 15 is 0 Å². The molecule has 0 aliphatic carbocycles. The highest BCUT2D eigenvalue weighted by Crippen LogP contribution is 2.31. The van der Waals surface area contributed by atoms with Crippen LogP contribution in [0.5, 0.6) is 5.75 Å². The van der Waals surface area contributed by atoms with E-state index in [1.54, 1.807) is 28.2 Å². The van der Waals surface area contributed by atoms with Crippen molar-refractivity contribution in [3.8, 4) is 16.3 Å². The Morgan fingerprint density at radius 2 is 2.03 bits per heavy atom. The Bertz CT molecular complexity index is 1200. The average Bonchev–Trinajstić information content (AvgIpc) is 3.34. The Morgan fingerprint density at radius 1 is 1.16 bits per heavy atom. The molecule has 4 heterocycles. The summed E-state index contributed by atoms with van der Waals surface area (Å²) in [4.78, 5) is 28.6. The second-order valence-electron chi connectivity index (χ2n) is 8.06. The number of carbonyl (C=O) groups is 1. The number of hydrogen-bond donors (Lipinski definition) is 0. The highest BCUT2D eigenvalue weighted by molar-refractivity contribution is 7.13. The molecule has 5 rings (SSSR count). The number of para-hydroxylation sites is 1. The summed E-state index contributed by atoms with van der Waals surface area (Å²) in [5.74, 6) is 0.925. The number of likely N-dealkylation sites (tertiary alicyclic amines) is 1. The predicted molar refractivity (Wildman–Crippen MR) is 121 cm³/mol. The summed E-state index contributed by atoms with van der Waals surface area (Å²) in [6.45, 7) is 3.54. The molecule has 1 saturated heterocycles. The van der Waals surface area contributed by atoms with Crippen LogP contribution in [-0.2, 0) is 4.79 Å². The van der Waals surface area contributed by atoms with Gasteiger partial charge < -0.3 is 9.64 Å². The van der Waals surface area contributed by atoms with Gasteiger partial charge in [-0.3, -0.25) is 9.59 Å². The fourth-order valence-electron chi connectivity index (χ4n) is 4.34. The average molecular weight is 434 g/mol. The SMILES string of the molecule is C[C@H]1CN(C(=O)C2=Cc3ccccc3OC2)CC[C@@H]1n1nc(-c2cccs2)ccc1=O. The van der Waals surface area contributed by atoms with Gasteiger partial charge in [0.15, 0.2) is 0 Å². The van der Waals surface area contributed by atoms with Crippen LogP contribution in [0.4, 0.5) is 0 Å². The van der Waals surface area contributed by atoms with Gasteiger partial charge in [-0.05, 0) is 42.0 Å². The fourth-order valence-corrected chi connectivity index (χ4v) is 5.03. The van der Waals surface area contributed by atoms with Gasteiger partial charge in [0.25, 0.3) is 11.5 Å². The largest absolute Gasteiger partial charge is 0.488 e. The third kappa shape index (κ3) is 3.81. The van der Waals surface area contributed by atoms with Gasteiger partial charge in [0, 0.05) is 24.7 Å². The van der Waals surface area contributed by atoms with Crippen molar-refractivity contribution in [2.45, 2.75) is 19.4 Å². The van der Waals surface area contributed by atoms with Crippen molar-refractivity contribution in [3.63, 3.8) is 0 Å². The number of ether oxygens (including phenoxy) is 1. The van der Waals surface area contributed by atoms with Crippen molar-refractivity contribution >= 4 is 23.3 Å². The van der Waals surface area contributed by atoms with Crippen molar-refractivity contribution in [2.75, 3.05) is 19.7 Å². The Balaban J connectivity index is 1.33. The summed E-state index contributed by atoms with van der Waals surface area (Å²) in [5, 5.41) is 6.65. The van der Waals surface area contributed by atoms with E-state index in [-0.39, 0.29) is 30.0 Å². The van der Waals surface area contributed by atoms with E-state index in [0.717, 1.165) is 21.9 Å². The Morgan fingerprint density at radius 3 is 2.84 bits per heavy atom. The second-order valence-corrected chi connectivity index (χ2v) is 9.01. The Kier molecular flexibility index (Phi) is 5.19. The standard InChI is InChI=1S/C24H23N3O3S/c1-16-14-26(24(29)18-13-17-5-2-3-6-21(17)30-15-18)11-10-20(16)27-23(28)9-8-19(25-27)22-7-4-12-31-22/h2-9,12-13,16,20H,10-11,14-15H2,1H3/t16-,20-/m0/s1. The van der Waals surface area contributed by atoms with E-state index in [9.17, 15) is 9.59 Å². The Labute approximate surface area is 184 Å². The first-order valence-corrected chi connectivity index (χ1v) is 11.3. The molecule has 31 heavy (non-hydrogen) atoms. The van der Waals surface area contributed by atoms with Crippen LogP contribution >= 0.6 is 11.3 Å². The fraction of sp³-hybridized carbons (Fsp3) is 0.292. The summed E-state index contributed by atoms with van der Waals surface area (Å²) in [7, 11) is 0. The lowest BCUT2D eigenvalue weighted by Crippen LogP contribution is -2.46. The molecule has 158 valence electrons. The maximum absolute atomic E-state index is 13.1. The van der Waals surface area contributed by atoms with Crippen molar-refractivity contribution in [2.24, 2.45) is 5.92 Å². The van der Waals surface area contributed by atoms with Crippen molar-refractivity contribution in [1.29, 1.82) is 0 Å². The van der Waals surface area contributed by atoms with Crippen LogP contribution in [-0.4, -0.2) is 40.3 Å². The molecule has 7 heteroatoms. The van der Waals surface area contributed by atoms with Crippen LogP contribution in [0.15, 0.2) is 64.3 Å². The van der Waals surface area contributed by atoms with Crippen molar-refractivity contribution in [1.82, 2.24) is 14.7 Å². The molecule has 0 radical (unpaired) electrons. The topological polar surface area (TPSA) is 64.4 Å². The van der Waals surface area contributed by atoms with E-state index in [2.05, 4.69) is 12.0 Å². The molecule has 0 spiro atoms. The van der Waals surface area contributed by atoms with Gasteiger partial charge in [0.1, 0.15) is 18.1 Å². The maximum Gasteiger partial charge on any atom is 0.267 e. The molecule has 1 amide bonds. The number of nitrogens with zero attached hydrogens (tertiary/aromatic N) is 3. The molecule has 2 aromatic heterocycles. The second kappa shape index (κ2) is 8.15. The molecule has 0 saturated carbocycles. The number of fused-ring (bicyclic) bond motifs is 1. The van der Waals surface area contributed by atoms with Gasteiger partial charge in [-0.1, -0.05) is 31.2 Å². The monoisotopic (exact) mass is 433 g/mol. The van der Waals surface area contributed by atoms with E-state index in [1.807, 2.05) is 52.8 Å². The summed E-state index contributed by atoms with van der Waals surface area (Å²) in [6, 6.07) is 15.1. The lowest BCUT2D eigenvalue weighted by molar-refractivity contribution is -0.129. The summed E-state index contributed by atoms with van der Waals surface area (Å²) in [6.07, 6.45) is 2.62. The Hall–Kier alpha value is -3.19. The lowest BCUT2D eigenvalue weighted by atomic mass is 9.93. The van der Waals surface area contributed by atoms with E-state index < -0.39 is 0 Å². The quantitative estimate of drug-likeness (QED) is 0.629. The van der Waals surface area contributed by atoms with Gasteiger partial charge in [-0.15, -0.1) is 11.3 Å². The maximum atomic E-state index is 13.1. The zero-order valence-corrected chi connectivity index (χ0v) is 18.0. The van der Waals surface area contributed by atoms with Gasteiger partial charge in [-0.25, -0.2) is 4.68 Å². The first-order valence-electron chi connectivity index (χ1n) is 10.5. The minimum Gasteiger partial charge on any atom is -0.488 e. The zero-order chi connectivity index (χ0) is 21.4. The molecule has 3 aromatic rings. The van der Waals surface area contributed by atoms with Crippen LogP contribution in [0, 0.1) is 5.92 Å². The normalized spacial score (nSPS) is 20.5. The smallest absolute Gasteiger partial charge is 0.267 e. The highest BCUT2D eigenvalue weighted by Gasteiger charge is 2.33. The molecular weight excluding hydrogens is 410 g/mol. The molecule has 0 unspecified atom stereocenters. The minimum absolute atomic E-state index is 0.00689. The first kappa shape index (κ1) is 19.8. The molecule has 1 fully saturated rings. The first-order chi connectivity index (χ1) is 15.1. The summed E-state index contributed by atoms with van der Waals surface area (Å²) >= 11 is 1.60. The van der Waals surface area contributed by atoms with Crippen LogP contribution in [0.1, 0.15) is 24.9 Å². The van der Waals surface area contributed by atoms with Gasteiger partial charge in [-0.2, -0.15) is 5.10 Å². The number of rotatable bonds is 3. The van der Waals surface area contributed by atoms with Crippen LogP contribution in [0.2, 0.25) is 0 Å². The third-order valence-corrected chi connectivity index (χ3v) is 6.86. The number of amides is 1. The van der Waals surface area contributed by atoms with Gasteiger partial charge >= 0.3 is 0 Å². The van der Waals surface area contributed by atoms with Gasteiger partial charge in [0.05, 0.1) is 16.5 Å². The molecule has 1 aromatic carbocycles. The zero-order valence-electron chi connectivity index (χ0n) is 17.2. The molecule has 2 aliphatic heterocycles. The number of carbonyl (C=O) groups excluding carboxylic acids is 1. The van der Waals surface area contributed by atoms with Crippen LogP contribution in [0.3, 0.4) is 0 Å². The molecule has 0 bridgehead atoms. The van der Waals surface area contributed by atoms with E-state index in [0.29, 0.717) is 25.1 Å². The van der Waals surface area contributed by atoms with Crippen molar-refractivity contribution in [3.05, 3.63) is 75.4 Å². The number of piperidine rings is 1. The van der Waals surface area contributed by atoms with Crippen LogP contribution in [0.25, 0.3) is 16.6 Å². The number of hydrogen-bond acceptors (Lipinski definition) is 5. The molecule has 2 atom stereocenters. The third-order valence-electron chi connectivity index (χ3n) is 5.97. The number of benzene rings is 1. The van der Waals surface area contributed by atoms with E-state index in [1.165, 1.54) is 0 Å².